The minimum atomic E-state index is -1.04. The Morgan fingerprint density at radius 3 is 2.56 bits per heavy atom. The fourth-order valence-electron chi connectivity index (χ4n) is 1.20. The molecule has 6 nitrogen and oxygen atoms in total. The van der Waals surface area contributed by atoms with E-state index < -0.39 is 24.0 Å². The van der Waals surface area contributed by atoms with Crippen LogP contribution >= 0.6 is 0 Å². The molecular formula is C10H20N2O4. The predicted molar refractivity (Wildman–Crippen MR) is 58.9 cm³/mol. The maximum absolute atomic E-state index is 11.5. The van der Waals surface area contributed by atoms with Gasteiger partial charge in [0, 0.05) is 13.7 Å². The zero-order valence-corrected chi connectivity index (χ0v) is 9.73. The molecule has 0 bridgehead atoms. The molecule has 4 N–H and O–H groups in total. The van der Waals surface area contributed by atoms with Gasteiger partial charge in [0.05, 0.1) is 6.04 Å². The van der Waals surface area contributed by atoms with Gasteiger partial charge in [-0.1, -0.05) is 6.92 Å². The number of amides is 1. The third-order valence-corrected chi connectivity index (χ3v) is 2.22. The molecule has 0 aromatic carbocycles. The van der Waals surface area contributed by atoms with Crippen molar-refractivity contribution in [3.8, 4) is 0 Å². The lowest BCUT2D eigenvalue weighted by Crippen LogP contribution is -2.48. The normalized spacial score (nSPS) is 14.2. The first-order valence-electron chi connectivity index (χ1n) is 5.30. The van der Waals surface area contributed by atoms with E-state index in [0.29, 0.717) is 25.9 Å². The highest BCUT2D eigenvalue weighted by Crippen LogP contribution is 1.97. The Kier molecular flexibility index (Phi) is 7.49. The van der Waals surface area contributed by atoms with E-state index in [0.717, 1.165) is 0 Å². The fourth-order valence-corrected chi connectivity index (χ4v) is 1.20. The highest BCUT2D eigenvalue weighted by atomic mass is 16.5. The van der Waals surface area contributed by atoms with Gasteiger partial charge in [-0.05, 0) is 19.3 Å². The van der Waals surface area contributed by atoms with E-state index in [1.807, 2.05) is 0 Å². The maximum Gasteiger partial charge on any atom is 0.326 e. The van der Waals surface area contributed by atoms with Crippen molar-refractivity contribution in [2.45, 2.75) is 38.3 Å². The second-order valence-electron chi connectivity index (χ2n) is 3.55. The second-order valence-corrected chi connectivity index (χ2v) is 3.55. The van der Waals surface area contributed by atoms with Gasteiger partial charge in [-0.2, -0.15) is 0 Å². The lowest BCUT2D eigenvalue weighted by molar-refractivity contribution is -0.142. The summed E-state index contributed by atoms with van der Waals surface area (Å²) in [5, 5.41) is 11.1. The predicted octanol–water partition coefficient (Wildman–Crippen LogP) is -0.280. The van der Waals surface area contributed by atoms with Crippen LogP contribution in [0.25, 0.3) is 0 Å². The smallest absolute Gasteiger partial charge is 0.326 e. The molecule has 16 heavy (non-hydrogen) atoms. The van der Waals surface area contributed by atoms with Crippen LogP contribution in [0.2, 0.25) is 0 Å². The molecule has 0 aromatic heterocycles. The zero-order chi connectivity index (χ0) is 12.6. The summed E-state index contributed by atoms with van der Waals surface area (Å²) in [6.45, 7) is 2.23. The van der Waals surface area contributed by atoms with Crippen molar-refractivity contribution in [3.05, 3.63) is 0 Å². The molecule has 0 rings (SSSR count). The van der Waals surface area contributed by atoms with Gasteiger partial charge in [0.2, 0.25) is 5.91 Å². The molecule has 0 fully saturated rings. The van der Waals surface area contributed by atoms with Crippen LogP contribution in [-0.2, 0) is 14.3 Å². The molecule has 0 aliphatic rings. The summed E-state index contributed by atoms with van der Waals surface area (Å²) in [7, 11) is 1.57. The molecule has 0 heterocycles. The number of nitrogens with one attached hydrogen (secondary N) is 1. The highest BCUT2D eigenvalue weighted by Gasteiger charge is 2.21. The summed E-state index contributed by atoms with van der Waals surface area (Å²) >= 11 is 0. The highest BCUT2D eigenvalue weighted by molar-refractivity contribution is 5.86. The summed E-state index contributed by atoms with van der Waals surface area (Å²) in [5.41, 5.74) is 5.60. The van der Waals surface area contributed by atoms with E-state index >= 15 is 0 Å². The van der Waals surface area contributed by atoms with Gasteiger partial charge in [-0.15, -0.1) is 0 Å². The Morgan fingerprint density at radius 2 is 2.12 bits per heavy atom. The molecule has 0 aliphatic carbocycles. The average molecular weight is 232 g/mol. The number of carboxylic acids is 1. The molecule has 94 valence electrons. The van der Waals surface area contributed by atoms with Crippen LogP contribution < -0.4 is 11.1 Å². The molecule has 0 aliphatic heterocycles. The molecule has 0 spiro atoms. The molecule has 0 radical (unpaired) electrons. The lowest BCUT2D eigenvalue weighted by atomic mass is 10.1. The number of hydrogen-bond donors (Lipinski definition) is 3. The van der Waals surface area contributed by atoms with Crippen molar-refractivity contribution in [1.29, 1.82) is 0 Å². The van der Waals surface area contributed by atoms with Gasteiger partial charge in [0.25, 0.3) is 0 Å². The first kappa shape index (κ1) is 14.9. The number of ether oxygens (including phenoxy) is 1. The standard InChI is InChI=1S/C10H20N2O4/c1-3-8(10(14)15)12-9(13)7(11)5-4-6-16-2/h7-8H,3-6,11H2,1-2H3,(H,12,13)(H,14,15)/t7?,8-/m1/s1. The quantitative estimate of drug-likeness (QED) is 0.499. The van der Waals surface area contributed by atoms with Crippen LogP contribution in [0.4, 0.5) is 0 Å². The molecule has 1 unspecified atom stereocenters. The number of methoxy groups -OCH3 is 1. The molecule has 1 amide bonds. The van der Waals surface area contributed by atoms with Gasteiger partial charge < -0.3 is 20.9 Å². The van der Waals surface area contributed by atoms with Gasteiger partial charge in [0.1, 0.15) is 6.04 Å². The Labute approximate surface area is 95.1 Å². The lowest BCUT2D eigenvalue weighted by Gasteiger charge is -2.16. The number of rotatable bonds is 8. The largest absolute Gasteiger partial charge is 0.480 e. The molecule has 0 saturated heterocycles. The topological polar surface area (TPSA) is 102 Å². The van der Waals surface area contributed by atoms with Crippen molar-refractivity contribution in [1.82, 2.24) is 5.32 Å². The third kappa shape index (κ3) is 5.67. The minimum absolute atomic E-state index is 0.339. The van der Waals surface area contributed by atoms with Crippen molar-refractivity contribution < 1.29 is 19.4 Å². The number of carboxylic acid groups (broad SMARTS) is 1. The second kappa shape index (κ2) is 8.06. The third-order valence-electron chi connectivity index (χ3n) is 2.22. The average Bonchev–Trinajstić information content (AvgIpc) is 2.25. The first-order valence-corrected chi connectivity index (χ1v) is 5.30. The Bertz CT molecular complexity index is 233. The SMILES string of the molecule is CC[C@@H](NC(=O)C(N)CCCOC)C(=O)O. The van der Waals surface area contributed by atoms with E-state index in [1.165, 1.54) is 0 Å². The number of hydrogen-bond acceptors (Lipinski definition) is 4. The van der Waals surface area contributed by atoms with E-state index in [2.05, 4.69) is 5.32 Å². The summed E-state index contributed by atoms with van der Waals surface area (Å²) in [4.78, 5) is 22.1. The summed E-state index contributed by atoms with van der Waals surface area (Å²) in [6.07, 6.45) is 1.50. The molecule has 2 atom stereocenters. The number of carbonyl (C=O) groups excluding carboxylic acids is 1. The first-order chi connectivity index (χ1) is 7.52. The van der Waals surface area contributed by atoms with Gasteiger partial charge in [0.15, 0.2) is 0 Å². The number of carbonyl (C=O) groups is 2. The van der Waals surface area contributed by atoms with E-state index in [-0.39, 0.29) is 0 Å². The monoisotopic (exact) mass is 232 g/mol. The van der Waals surface area contributed by atoms with Crippen molar-refractivity contribution in [2.75, 3.05) is 13.7 Å². The summed E-state index contributed by atoms with van der Waals surface area (Å²) in [6, 6.07) is -1.54. The number of nitrogens with two attached hydrogens (primary N) is 1. The molecule has 0 aromatic rings. The Hall–Kier alpha value is -1.14. The van der Waals surface area contributed by atoms with Crippen LogP contribution in [0.15, 0.2) is 0 Å². The van der Waals surface area contributed by atoms with Crippen molar-refractivity contribution >= 4 is 11.9 Å². The van der Waals surface area contributed by atoms with Crippen LogP contribution in [0.5, 0.6) is 0 Å². The van der Waals surface area contributed by atoms with Crippen LogP contribution in [0.1, 0.15) is 26.2 Å². The maximum atomic E-state index is 11.5. The molecular weight excluding hydrogens is 212 g/mol. The van der Waals surface area contributed by atoms with E-state index in [4.69, 9.17) is 15.6 Å². The van der Waals surface area contributed by atoms with E-state index in [9.17, 15) is 9.59 Å². The van der Waals surface area contributed by atoms with E-state index in [1.54, 1.807) is 14.0 Å². The van der Waals surface area contributed by atoms with Crippen LogP contribution in [0, 0.1) is 0 Å². The summed E-state index contributed by atoms with van der Waals surface area (Å²) < 4.78 is 4.83. The van der Waals surface area contributed by atoms with Crippen LogP contribution in [-0.4, -0.2) is 42.8 Å². The molecule has 0 saturated carbocycles. The van der Waals surface area contributed by atoms with Gasteiger partial charge >= 0.3 is 5.97 Å². The zero-order valence-electron chi connectivity index (χ0n) is 9.73. The fraction of sp³-hybridized carbons (Fsp3) is 0.800. The summed E-state index contributed by atoms with van der Waals surface area (Å²) in [5.74, 6) is -1.47. The van der Waals surface area contributed by atoms with Crippen molar-refractivity contribution in [2.24, 2.45) is 5.73 Å². The van der Waals surface area contributed by atoms with Crippen molar-refractivity contribution in [3.63, 3.8) is 0 Å². The Balaban J connectivity index is 3.98. The van der Waals surface area contributed by atoms with Gasteiger partial charge in [-0.3, -0.25) is 4.79 Å². The van der Waals surface area contributed by atoms with Gasteiger partial charge in [-0.25, -0.2) is 4.79 Å². The number of aliphatic carboxylic acids is 1. The van der Waals surface area contributed by atoms with Crippen LogP contribution in [0.3, 0.4) is 0 Å². The minimum Gasteiger partial charge on any atom is -0.480 e. The Morgan fingerprint density at radius 1 is 1.50 bits per heavy atom. The molecule has 6 heteroatoms.